The van der Waals surface area contributed by atoms with Crippen molar-refractivity contribution in [3.8, 4) is 5.82 Å². The van der Waals surface area contributed by atoms with E-state index in [1.807, 2.05) is 41.1 Å². The van der Waals surface area contributed by atoms with Gasteiger partial charge in [0.15, 0.2) is 5.82 Å². The van der Waals surface area contributed by atoms with Crippen molar-refractivity contribution in [3.05, 3.63) is 80.2 Å². The maximum absolute atomic E-state index is 4.58. The second kappa shape index (κ2) is 8.81. The molecule has 0 fully saturated rings. The number of nitrogens with zero attached hydrogens (tertiary/aromatic N) is 5. The number of rotatable bonds is 1. The van der Waals surface area contributed by atoms with Crippen LogP contribution in [0.1, 0.15) is 0 Å². The molecule has 4 heterocycles. The van der Waals surface area contributed by atoms with E-state index in [1.165, 1.54) is 0 Å². The number of furan rings is 1. The maximum atomic E-state index is 4.58. The molecular weight excluding hydrogens is 268 g/mol. The first-order valence-electron chi connectivity index (χ1n) is 6.14. The van der Waals surface area contributed by atoms with Crippen LogP contribution in [0.3, 0.4) is 0 Å². The zero-order chi connectivity index (χ0) is 14.6. The summed E-state index contributed by atoms with van der Waals surface area (Å²) in [7, 11) is 0. The Morgan fingerprint density at radius 2 is 1.71 bits per heavy atom. The lowest BCUT2D eigenvalue weighted by Crippen LogP contribution is -1.88. The molecule has 4 aromatic rings. The Hall–Kier alpha value is -3.22. The Morgan fingerprint density at radius 3 is 2.10 bits per heavy atom. The van der Waals surface area contributed by atoms with Gasteiger partial charge in [0.05, 0.1) is 12.5 Å². The van der Waals surface area contributed by atoms with Gasteiger partial charge in [-0.2, -0.15) is 15.3 Å². The van der Waals surface area contributed by atoms with Crippen LogP contribution < -0.4 is 0 Å². The van der Waals surface area contributed by atoms with Crippen LogP contribution in [0.25, 0.3) is 5.82 Å². The van der Waals surface area contributed by atoms with Gasteiger partial charge in [0.1, 0.15) is 6.33 Å². The minimum Gasteiger partial charge on any atom is -0.473 e. The van der Waals surface area contributed by atoms with Crippen molar-refractivity contribution < 1.29 is 4.42 Å². The second-order valence-corrected chi connectivity index (χ2v) is 3.61. The first-order chi connectivity index (χ1) is 10.5. The third kappa shape index (κ3) is 5.52. The van der Waals surface area contributed by atoms with Crippen LogP contribution in [0.2, 0.25) is 0 Å². The summed E-state index contributed by atoms with van der Waals surface area (Å²) in [6.45, 7) is 0. The molecule has 0 bridgehead atoms. The third-order valence-electron chi connectivity index (χ3n) is 2.16. The quantitative estimate of drug-likeness (QED) is 0.579. The molecule has 106 valence electrons. The van der Waals surface area contributed by atoms with Gasteiger partial charge in [-0.3, -0.25) is 9.67 Å². The minimum atomic E-state index is 0.859. The Morgan fingerprint density at radius 1 is 0.952 bits per heavy atom. The van der Waals surface area contributed by atoms with Gasteiger partial charge in [-0.15, -0.1) is 0 Å². The van der Waals surface area contributed by atoms with Gasteiger partial charge >= 0.3 is 0 Å². The molecule has 0 aliphatic carbocycles. The molecule has 0 radical (unpaired) electrons. The largest absolute Gasteiger partial charge is 0.473 e. The molecule has 0 aliphatic rings. The number of hydrogen-bond acceptors (Lipinski definition) is 5. The normalized spacial score (nSPS) is 8.95. The van der Waals surface area contributed by atoms with Gasteiger partial charge < -0.3 is 4.42 Å². The summed E-state index contributed by atoms with van der Waals surface area (Å²) in [6.07, 6.45) is 13.6. The van der Waals surface area contributed by atoms with Crippen LogP contribution in [-0.4, -0.2) is 29.9 Å². The summed E-state index contributed by atoms with van der Waals surface area (Å²) in [5.74, 6) is 0.859. The lowest BCUT2D eigenvalue weighted by molar-refractivity contribution is 0.567. The molecule has 0 unspecified atom stereocenters. The molecular formula is C14H14N6O. The number of hydrogen-bond donors (Lipinski definition) is 1. The van der Waals surface area contributed by atoms with E-state index in [0.717, 1.165) is 5.82 Å². The van der Waals surface area contributed by atoms with E-state index in [1.54, 1.807) is 43.6 Å². The summed E-state index contributed by atoms with van der Waals surface area (Å²) in [4.78, 5) is 3.89. The standard InChI is InChI=1S/C6H6N4.C4H4N2.C4H4O/c1-2-8-9-6(1)10-4-3-7-5-10;1-2-4-6-5-3-1;1-2-4-5-3-1/h1-5H,(H,8,9);1-4H;1-4H. The topological polar surface area (TPSA) is 85.4 Å². The molecule has 0 saturated heterocycles. The molecule has 4 rings (SSSR count). The van der Waals surface area contributed by atoms with Gasteiger partial charge in [-0.25, -0.2) is 4.98 Å². The Bertz CT molecular complexity index is 571. The fraction of sp³-hybridized carbons (Fsp3) is 0. The van der Waals surface area contributed by atoms with E-state index in [0.29, 0.717) is 0 Å². The van der Waals surface area contributed by atoms with Crippen LogP contribution in [0.15, 0.2) is 84.6 Å². The predicted molar refractivity (Wildman–Crippen MR) is 76.4 cm³/mol. The van der Waals surface area contributed by atoms with Crippen molar-refractivity contribution >= 4 is 0 Å². The van der Waals surface area contributed by atoms with Crippen molar-refractivity contribution in [1.82, 2.24) is 29.9 Å². The van der Waals surface area contributed by atoms with Crippen LogP contribution >= 0.6 is 0 Å². The highest BCUT2D eigenvalue weighted by atomic mass is 16.3. The zero-order valence-corrected chi connectivity index (χ0v) is 11.1. The van der Waals surface area contributed by atoms with Crippen molar-refractivity contribution in [2.75, 3.05) is 0 Å². The summed E-state index contributed by atoms with van der Waals surface area (Å²) < 4.78 is 6.41. The molecule has 1 N–H and O–H groups in total. The molecule has 0 aliphatic heterocycles. The number of aromatic amines is 1. The van der Waals surface area contributed by atoms with E-state index < -0.39 is 0 Å². The highest BCUT2D eigenvalue weighted by molar-refractivity contribution is 5.17. The van der Waals surface area contributed by atoms with Crippen LogP contribution in [0.4, 0.5) is 0 Å². The Kier molecular flexibility index (Phi) is 5.95. The molecule has 4 aromatic heterocycles. The number of H-pyrrole nitrogens is 1. The van der Waals surface area contributed by atoms with Crippen LogP contribution in [0, 0.1) is 0 Å². The summed E-state index contributed by atoms with van der Waals surface area (Å²) in [5, 5.41) is 13.7. The first-order valence-corrected chi connectivity index (χ1v) is 6.14. The molecule has 0 amide bonds. The molecule has 21 heavy (non-hydrogen) atoms. The van der Waals surface area contributed by atoms with Gasteiger partial charge in [-0.05, 0) is 24.3 Å². The summed E-state index contributed by atoms with van der Waals surface area (Å²) >= 11 is 0. The Labute approximate surface area is 121 Å². The Balaban J connectivity index is 0.000000126. The molecule has 0 atom stereocenters. The van der Waals surface area contributed by atoms with E-state index in [-0.39, 0.29) is 0 Å². The smallest absolute Gasteiger partial charge is 0.159 e. The zero-order valence-electron chi connectivity index (χ0n) is 11.1. The number of aromatic nitrogens is 6. The molecule has 7 nitrogen and oxygen atoms in total. The molecule has 0 saturated carbocycles. The fourth-order valence-electron chi connectivity index (χ4n) is 1.27. The molecule has 0 aromatic carbocycles. The maximum Gasteiger partial charge on any atom is 0.159 e. The van der Waals surface area contributed by atoms with Gasteiger partial charge in [0.25, 0.3) is 0 Å². The fourth-order valence-corrected chi connectivity index (χ4v) is 1.27. The van der Waals surface area contributed by atoms with Crippen LogP contribution in [0.5, 0.6) is 0 Å². The second-order valence-electron chi connectivity index (χ2n) is 3.61. The highest BCUT2D eigenvalue weighted by Crippen LogP contribution is 1.98. The van der Waals surface area contributed by atoms with Gasteiger partial charge in [-0.1, -0.05) is 0 Å². The molecule has 0 spiro atoms. The van der Waals surface area contributed by atoms with Crippen molar-refractivity contribution in [2.45, 2.75) is 0 Å². The number of imidazole rings is 1. The molecule has 7 heteroatoms. The monoisotopic (exact) mass is 282 g/mol. The number of nitrogens with one attached hydrogen (secondary N) is 1. The van der Waals surface area contributed by atoms with E-state index in [2.05, 4.69) is 29.8 Å². The third-order valence-corrected chi connectivity index (χ3v) is 2.16. The summed E-state index contributed by atoms with van der Waals surface area (Å²) in [5.41, 5.74) is 0. The van der Waals surface area contributed by atoms with E-state index >= 15 is 0 Å². The average molecular weight is 282 g/mol. The first kappa shape index (κ1) is 14.2. The van der Waals surface area contributed by atoms with Crippen molar-refractivity contribution in [3.63, 3.8) is 0 Å². The van der Waals surface area contributed by atoms with Gasteiger partial charge in [0.2, 0.25) is 0 Å². The van der Waals surface area contributed by atoms with Crippen LogP contribution in [-0.2, 0) is 0 Å². The minimum absolute atomic E-state index is 0.859. The van der Waals surface area contributed by atoms with E-state index in [4.69, 9.17) is 0 Å². The van der Waals surface area contributed by atoms with Gasteiger partial charge in [0, 0.05) is 37.1 Å². The average Bonchev–Trinajstić information content (AvgIpc) is 3.33. The van der Waals surface area contributed by atoms with Crippen molar-refractivity contribution in [2.24, 2.45) is 0 Å². The van der Waals surface area contributed by atoms with E-state index in [9.17, 15) is 0 Å². The predicted octanol–water partition coefficient (Wildman–Crippen LogP) is 2.35. The highest BCUT2D eigenvalue weighted by Gasteiger charge is 1.93. The lowest BCUT2D eigenvalue weighted by atomic mass is 10.6. The lowest BCUT2D eigenvalue weighted by Gasteiger charge is -1.90. The SMILES string of the molecule is c1ccnnc1.c1ccoc1.c1cn(-c2cc[nH]n2)cn1. The van der Waals surface area contributed by atoms with Crippen molar-refractivity contribution in [1.29, 1.82) is 0 Å². The summed E-state index contributed by atoms with van der Waals surface area (Å²) in [6, 6.07) is 9.20.